The summed E-state index contributed by atoms with van der Waals surface area (Å²) in [4.78, 5) is 38.0. The molecule has 0 saturated heterocycles. The van der Waals surface area contributed by atoms with Crippen LogP contribution < -0.4 is 0 Å². The van der Waals surface area contributed by atoms with Crippen LogP contribution in [0.1, 0.15) is 323 Å². The fourth-order valence-corrected chi connectivity index (χ4v) is 9.08. The van der Waals surface area contributed by atoms with E-state index >= 15 is 0 Å². The highest BCUT2D eigenvalue weighted by atomic mass is 16.6. The minimum absolute atomic E-state index is 0.0724. The van der Waals surface area contributed by atoms with Crippen molar-refractivity contribution in [3.8, 4) is 0 Å². The van der Waals surface area contributed by atoms with Crippen molar-refractivity contribution in [2.24, 2.45) is 0 Å². The summed E-state index contributed by atoms with van der Waals surface area (Å²) in [7, 11) is 0. The second kappa shape index (κ2) is 60.7. The molecular formula is C66H118O6. The summed E-state index contributed by atoms with van der Waals surface area (Å²) >= 11 is 0. The van der Waals surface area contributed by atoms with Crippen LogP contribution in [0.2, 0.25) is 0 Å². The third kappa shape index (κ3) is 58.0. The fourth-order valence-electron chi connectivity index (χ4n) is 9.08. The molecule has 6 heteroatoms. The molecule has 0 bridgehead atoms. The van der Waals surface area contributed by atoms with E-state index < -0.39 is 6.10 Å². The second-order valence-electron chi connectivity index (χ2n) is 20.9. The van der Waals surface area contributed by atoms with Crippen molar-refractivity contribution >= 4 is 17.9 Å². The molecule has 0 spiro atoms. The van der Waals surface area contributed by atoms with E-state index in [1.54, 1.807) is 0 Å². The maximum atomic E-state index is 12.8. The molecule has 0 aromatic rings. The molecule has 1 unspecified atom stereocenters. The quantitative estimate of drug-likeness (QED) is 0.0261. The van der Waals surface area contributed by atoms with Gasteiger partial charge in [-0.15, -0.1) is 0 Å². The number of unbranched alkanes of at least 4 members (excludes halogenated alkanes) is 36. The van der Waals surface area contributed by atoms with Gasteiger partial charge < -0.3 is 14.2 Å². The first-order valence-corrected chi connectivity index (χ1v) is 31.3. The van der Waals surface area contributed by atoms with Crippen molar-refractivity contribution in [3.63, 3.8) is 0 Å². The third-order valence-corrected chi connectivity index (χ3v) is 13.8. The lowest BCUT2D eigenvalue weighted by Crippen LogP contribution is -2.30. The zero-order valence-electron chi connectivity index (χ0n) is 47.9. The molecule has 6 nitrogen and oxygen atoms in total. The lowest BCUT2D eigenvalue weighted by molar-refractivity contribution is -0.167. The van der Waals surface area contributed by atoms with E-state index in [0.29, 0.717) is 19.3 Å². The first kappa shape index (κ1) is 69.1. The summed E-state index contributed by atoms with van der Waals surface area (Å²) < 4.78 is 16.8. The van der Waals surface area contributed by atoms with Gasteiger partial charge in [0.15, 0.2) is 6.10 Å². The summed E-state index contributed by atoms with van der Waals surface area (Å²) in [6.45, 7) is 6.51. The molecule has 0 aliphatic rings. The van der Waals surface area contributed by atoms with Gasteiger partial charge in [0, 0.05) is 19.3 Å². The molecule has 0 heterocycles. The average Bonchev–Trinajstić information content (AvgIpc) is 3.38. The van der Waals surface area contributed by atoms with Crippen molar-refractivity contribution in [2.75, 3.05) is 13.2 Å². The number of carbonyl (C=O) groups excluding carboxylic acids is 3. The predicted molar refractivity (Wildman–Crippen MR) is 312 cm³/mol. The fraction of sp³-hybridized carbons (Fsp3) is 0.803. The Kier molecular flexibility index (Phi) is 58.2. The van der Waals surface area contributed by atoms with E-state index in [1.807, 2.05) is 0 Å². The van der Waals surface area contributed by atoms with Gasteiger partial charge in [-0.2, -0.15) is 0 Å². The molecule has 0 radical (unpaired) electrons. The van der Waals surface area contributed by atoms with E-state index in [2.05, 4.69) is 81.5 Å². The van der Waals surface area contributed by atoms with E-state index in [0.717, 1.165) is 89.9 Å². The van der Waals surface area contributed by atoms with Gasteiger partial charge in [0.25, 0.3) is 0 Å². The van der Waals surface area contributed by atoms with Crippen molar-refractivity contribution in [2.45, 2.75) is 329 Å². The molecule has 418 valence electrons. The smallest absolute Gasteiger partial charge is 0.306 e. The zero-order valence-corrected chi connectivity index (χ0v) is 47.9. The zero-order chi connectivity index (χ0) is 52.2. The van der Waals surface area contributed by atoms with Crippen molar-refractivity contribution < 1.29 is 28.6 Å². The lowest BCUT2D eigenvalue weighted by atomic mass is 10.0. The highest BCUT2D eigenvalue weighted by molar-refractivity contribution is 5.71. The predicted octanol–water partition coefficient (Wildman–Crippen LogP) is 21.2. The molecule has 0 aromatic heterocycles. The van der Waals surface area contributed by atoms with Gasteiger partial charge in [0.05, 0.1) is 0 Å². The van der Waals surface area contributed by atoms with Crippen LogP contribution in [-0.2, 0) is 28.6 Å². The van der Waals surface area contributed by atoms with Crippen LogP contribution in [0.5, 0.6) is 0 Å². The summed E-state index contributed by atoms with van der Waals surface area (Å²) in [6, 6.07) is 0. The maximum Gasteiger partial charge on any atom is 0.306 e. The van der Waals surface area contributed by atoms with Crippen LogP contribution in [0.25, 0.3) is 0 Å². The first-order valence-electron chi connectivity index (χ1n) is 31.3. The average molecular weight is 1010 g/mol. The Hall–Kier alpha value is -2.89. The lowest BCUT2D eigenvalue weighted by Gasteiger charge is -2.18. The molecule has 1 atom stereocenters. The number of allylic oxidation sites excluding steroid dienone is 10. The van der Waals surface area contributed by atoms with Crippen molar-refractivity contribution in [3.05, 3.63) is 60.8 Å². The largest absolute Gasteiger partial charge is 0.462 e. The van der Waals surface area contributed by atoms with Crippen LogP contribution in [0.4, 0.5) is 0 Å². The highest BCUT2D eigenvalue weighted by Crippen LogP contribution is 2.17. The molecular weight excluding hydrogens is 889 g/mol. The standard InChI is InChI=1S/C66H118O6/c1-4-7-10-13-16-19-21-23-24-25-26-27-28-29-30-31-32-33-34-35-36-37-38-39-40-41-42-44-45-47-50-53-56-59-65(68)71-62-63(61-70-64(67)58-55-52-49-18-15-12-9-6-3)72-66(69)60-57-54-51-48-46-43-22-20-17-14-11-8-5-2/h7,10,16,19-20,22-24,26-27,63H,4-6,8-9,11-15,17-18,21,25,28-62H2,1-3H3/b10-7-,19-16-,22-20-,24-23-,27-26-. The molecule has 72 heavy (non-hydrogen) atoms. The van der Waals surface area contributed by atoms with Crippen LogP contribution in [0, 0.1) is 0 Å². The van der Waals surface area contributed by atoms with Gasteiger partial charge in [-0.25, -0.2) is 0 Å². The van der Waals surface area contributed by atoms with Gasteiger partial charge in [-0.3, -0.25) is 14.4 Å². The number of hydrogen-bond acceptors (Lipinski definition) is 6. The van der Waals surface area contributed by atoms with Gasteiger partial charge in [0.2, 0.25) is 0 Å². The summed E-state index contributed by atoms with van der Waals surface area (Å²) in [5.41, 5.74) is 0. The number of hydrogen-bond donors (Lipinski definition) is 0. The number of rotatable bonds is 57. The third-order valence-electron chi connectivity index (χ3n) is 13.8. The number of carbonyl (C=O) groups is 3. The summed E-state index contributed by atoms with van der Waals surface area (Å²) in [5.74, 6) is -0.871. The molecule has 0 rings (SSSR count). The normalized spacial score (nSPS) is 12.4. The Labute approximate surface area is 447 Å². The molecule has 0 aromatic carbocycles. The van der Waals surface area contributed by atoms with Crippen LogP contribution in [0.15, 0.2) is 60.8 Å². The minimum atomic E-state index is -0.772. The van der Waals surface area contributed by atoms with Crippen LogP contribution in [-0.4, -0.2) is 37.2 Å². The van der Waals surface area contributed by atoms with Crippen molar-refractivity contribution in [1.29, 1.82) is 0 Å². The second-order valence-corrected chi connectivity index (χ2v) is 20.9. The number of ether oxygens (including phenoxy) is 3. The minimum Gasteiger partial charge on any atom is -0.462 e. The van der Waals surface area contributed by atoms with Gasteiger partial charge in [0.1, 0.15) is 13.2 Å². The van der Waals surface area contributed by atoms with Gasteiger partial charge >= 0.3 is 17.9 Å². The Balaban J connectivity index is 3.98. The van der Waals surface area contributed by atoms with Gasteiger partial charge in [-0.1, -0.05) is 281 Å². The molecule has 0 fully saturated rings. The molecule has 0 aliphatic heterocycles. The summed E-state index contributed by atoms with van der Waals surface area (Å²) in [5, 5.41) is 0. The monoisotopic (exact) mass is 1010 g/mol. The van der Waals surface area contributed by atoms with Crippen LogP contribution >= 0.6 is 0 Å². The topological polar surface area (TPSA) is 78.9 Å². The SMILES string of the molecule is CC/C=C\C/C=C\C/C=C\C/C=C\CCCCCCCCCCCCCCCCCCCCCCC(=O)OCC(COC(=O)CCCCCCCCCC)OC(=O)CCCCCCC/C=C\CCCCCC. The van der Waals surface area contributed by atoms with E-state index in [-0.39, 0.29) is 31.1 Å². The van der Waals surface area contributed by atoms with Crippen LogP contribution in [0.3, 0.4) is 0 Å². The molecule has 0 aliphatic carbocycles. The first-order chi connectivity index (χ1) is 35.5. The Morgan fingerprint density at radius 3 is 0.875 bits per heavy atom. The van der Waals surface area contributed by atoms with E-state index in [9.17, 15) is 14.4 Å². The maximum absolute atomic E-state index is 12.8. The van der Waals surface area contributed by atoms with E-state index in [1.165, 1.54) is 193 Å². The molecule has 0 saturated carbocycles. The molecule has 0 amide bonds. The Morgan fingerprint density at radius 1 is 0.292 bits per heavy atom. The van der Waals surface area contributed by atoms with E-state index in [4.69, 9.17) is 14.2 Å². The van der Waals surface area contributed by atoms with Crippen molar-refractivity contribution in [1.82, 2.24) is 0 Å². The molecule has 0 N–H and O–H groups in total. The summed E-state index contributed by atoms with van der Waals surface area (Å²) in [6.07, 6.45) is 76.9. The highest BCUT2D eigenvalue weighted by Gasteiger charge is 2.19. The number of esters is 3. The Morgan fingerprint density at radius 2 is 0.542 bits per heavy atom. The van der Waals surface area contributed by atoms with Gasteiger partial charge in [-0.05, 0) is 83.5 Å². The Bertz CT molecular complexity index is 1290.